The molecule has 15 heavy (non-hydrogen) atoms. The van der Waals surface area contributed by atoms with Crippen LogP contribution in [-0.4, -0.2) is 15.2 Å². The van der Waals surface area contributed by atoms with Crippen molar-refractivity contribution in [3.05, 3.63) is 34.3 Å². The van der Waals surface area contributed by atoms with Gasteiger partial charge in [0.05, 0.1) is 0 Å². The summed E-state index contributed by atoms with van der Waals surface area (Å²) in [5, 5.41) is 6.88. The van der Waals surface area contributed by atoms with Crippen LogP contribution in [0.4, 0.5) is 4.39 Å². The molecule has 3 nitrogen and oxygen atoms in total. The molecule has 78 valence electrons. The number of H-pyrrole nitrogens is 1. The van der Waals surface area contributed by atoms with Gasteiger partial charge in [-0.1, -0.05) is 6.92 Å². The van der Waals surface area contributed by atoms with Crippen molar-refractivity contribution in [3.8, 4) is 11.4 Å². The summed E-state index contributed by atoms with van der Waals surface area (Å²) in [5.74, 6) is 1.12. The van der Waals surface area contributed by atoms with Gasteiger partial charge in [-0.25, -0.2) is 9.37 Å². The first-order chi connectivity index (χ1) is 7.20. The summed E-state index contributed by atoms with van der Waals surface area (Å²) in [5.41, 5.74) is 0.785. The summed E-state index contributed by atoms with van der Waals surface area (Å²) >= 11 is 3.28. The highest BCUT2D eigenvalue weighted by atomic mass is 79.9. The molecule has 0 atom stereocenters. The van der Waals surface area contributed by atoms with Crippen molar-refractivity contribution in [2.45, 2.75) is 13.3 Å². The summed E-state index contributed by atoms with van der Waals surface area (Å²) in [4.78, 5) is 4.27. The number of nitrogens with one attached hydrogen (secondary N) is 1. The number of benzene rings is 1. The molecule has 0 aliphatic heterocycles. The molecule has 1 heterocycles. The van der Waals surface area contributed by atoms with Crippen LogP contribution < -0.4 is 0 Å². The van der Waals surface area contributed by atoms with Crippen LogP contribution in [0.5, 0.6) is 0 Å². The average Bonchev–Trinajstić information content (AvgIpc) is 2.66. The fourth-order valence-corrected chi connectivity index (χ4v) is 1.77. The van der Waals surface area contributed by atoms with Gasteiger partial charge in [-0.3, -0.25) is 5.10 Å². The molecule has 0 saturated carbocycles. The largest absolute Gasteiger partial charge is 0.263 e. The molecule has 0 fully saturated rings. The molecule has 2 rings (SSSR count). The van der Waals surface area contributed by atoms with Gasteiger partial charge in [-0.15, -0.1) is 0 Å². The molecule has 0 aliphatic carbocycles. The molecule has 5 heteroatoms. The quantitative estimate of drug-likeness (QED) is 0.911. The van der Waals surface area contributed by atoms with Gasteiger partial charge in [0.1, 0.15) is 11.6 Å². The number of aromatic amines is 1. The molecule has 0 saturated heterocycles. The van der Waals surface area contributed by atoms with Gasteiger partial charge in [0.15, 0.2) is 5.82 Å². The monoisotopic (exact) mass is 269 g/mol. The van der Waals surface area contributed by atoms with Crippen molar-refractivity contribution >= 4 is 15.9 Å². The second-order valence-electron chi connectivity index (χ2n) is 3.08. The van der Waals surface area contributed by atoms with E-state index in [1.54, 1.807) is 6.07 Å². The highest BCUT2D eigenvalue weighted by Crippen LogP contribution is 2.26. The Kier molecular flexibility index (Phi) is 2.81. The Morgan fingerprint density at radius 1 is 1.47 bits per heavy atom. The van der Waals surface area contributed by atoms with E-state index in [4.69, 9.17) is 0 Å². The highest BCUT2D eigenvalue weighted by molar-refractivity contribution is 9.10. The summed E-state index contributed by atoms with van der Waals surface area (Å²) in [6, 6.07) is 4.45. The zero-order valence-corrected chi connectivity index (χ0v) is 9.68. The minimum absolute atomic E-state index is 0.281. The molecular formula is C10H9BrFN3. The zero-order valence-electron chi connectivity index (χ0n) is 8.09. The van der Waals surface area contributed by atoms with E-state index in [1.165, 1.54) is 12.1 Å². The molecule has 1 aromatic carbocycles. The Morgan fingerprint density at radius 3 is 2.87 bits per heavy atom. The van der Waals surface area contributed by atoms with Crippen molar-refractivity contribution in [1.82, 2.24) is 15.2 Å². The molecular weight excluding hydrogens is 261 g/mol. The van der Waals surface area contributed by atoms with Crippen molar-refractivity contribution in [2.24, 2.45) is 0 Å². The maximum Gasteiger partial charge on any atom is 0.182 e. The fraction of sp³-hybridized carbons (Fsp3) is 0.200. The molecule has 0 aliphatic rings. The first kappa shape index (κ1) is 10.3. The average molecular weight is 270 g/mol. The molecule has 1 aromatic heterocycles. The van der Waals surface area contributed by atoms with Gasteiger partial charge in [0.2, 0.25) is 0 Å². The standard InChI is InChI=1S/C10H9BrFN3/c1-2-9-13-10(15-14-9)7-4-3-6(12)5-8(7)11/h3-5H,2H2,1H3,(H,13,14,15). The van der Waals surface area contributed by atoms with E-state index >= 15 is 0 Å². The number of rotatable bonds is 2. The topological polar surface area (TPSA) is 41.6 Å². The maximum atomic E-state index is 12.9. The normalized spacial score (nSPS) is 10.6. The van der Waals surface area contributed by atoms with Gasteiger partial charge < -0.3 is 0 Å². The summed E-state index contributed by atoms with van der Waals surface area (Å²) in [6.45, 7) is 1.99. The van der Waals surface area contributed by atoms with E-state index in [0.717, 1.165) is 17.8 Å². The third-order valence-electron chi connectivity index (χ3n) is 2.04. The molecule has 0 amide bonds. The molecule has 0 spiro atoms. The predicted octanol–water partition coefficient (Wildman–Crippen LogP) is 2.94. The van der Waals surface area contributed by atoms with Crippen LogP contribution in [-0.2, 0) is 6.42 Å². The van der Waals surface area contributed by atoms with Gasteiger partial charge in [0.25, 0.3) is 0 Å². The minimum atomic E-state index is -0.281. The fourth-order valence-electron chi connectivity index (χ4n) is 1.24. The highest BCUT2D eigenvalue weighted by Gasteiger charge is 2.09. The molecule has 0 unspecified atom stereocenters. The van der Waals surface area contributed by atoms with Crippen LogP contribution in [0.2, 0.25) is 0 Å². The summed E-state index contributed by atoms with van der Waals surface area (Å²) < 4.78 is 13.5. The Balaban J connectivity index is 2.44. The molecule has 1 N–H and O–H groups in total. The van der Waals surface area contributed by atoms with Crippen molar-refractivity contribution in [2.75, 3.05) is 0 Å². The van der Waals surface area contributed by atoms with E-state index in [0.29, 0.717) is 10.3 Å². The number of nitrogens with zero attached hydrogens (tertiary/aromatic N) is 2. The Hall–Kier alpha value is -1.23. The van der Waals surface area contributed by atoms with Gasteiger partial charge >= 0.3 is 0 Å². The van der Waals surface area contributed by atoms with E-state index in [2.05, 4.69) is 31.1 Å². The van der Waals surface area contributed by atoms with Crippen molar-refractivity contribution < 1.29 is 4.39 Å². The second-order valence-corrected chi connectivity index (χ2v) is 3.94. The SMILES string of the molecule is CCc1nc(-c2ccc(F)cc2Br)n[nH]1. The summed E-state index contributed by atoms with van der Waals surface area (Å²) in [6.07, 6.45) is 0.797. The Morgan fingerprint density at radius 2 is 2.27 bits per heavy atom. The minimum Gasteiger partial charge on any atom is -0.263 e. The second kappa shape index (κ2) is 4.10. The number of aromatic nitrogens is 3. The van der Waals surface area contributed by atoms with E-state index in [-0.39, 0.29) is 5.82 Å². The van der Waals surface area contributed by atoms with E-state index in [9.17, 15) is 4.39 Å². The predicted molar refractivity (Wildman–Crippen MR) is 58.9 cm³/mol. The van der Waals surface area contributed by atoms with E-state index < -0.39 is 0 Å². The van der Waals surface area contributed by atoms with E-state index in [1.807, 2.05) is 6.92 Å². The lowest BCUT2D eigenvalue weighted by Crippen LogP contribution is -1.85. The van der Waals surface area contributed by atoms with Crippen LogP contribution in [0.25, 0.3) is 11.4 Å². The molecule has 2 aromatic rings. The van der Waals surface area contributed by atoms with Gasteiger partial charge in [0, 0.05) is 16.5 Å². The van der Waals surface area contributed by atoms with Crippen molar-refractivity contribution in [1.29, 1.82) is 0 Å². The van der Waals surface area contributed by atoms with Gasteiger partial charge in [-0.2, -0.15) is 5.10 Å². The number of halogens is 2. The first-order valence-electron chi connectivity index (χ1n) is 4.57. The Bertz CT molecular complexity index is 481. The molecule has 0 radical (unpaired) electrons. The number of hydrogen-bond donors (Lipinski definition) is 1. The van der Waals surface area contributed by atoms with Crippen LogP contribution >= 0.6 is 15.9 Å². The van der Waals surface area contributed by atoms with Crippen LogP contribution in [0, 0.1) is 5.82 Å². The summed E-state index contributed by atoms with van der Waals surface area (Å²) in [7, 11) is 0. The lowest BCUT2D eigenvalue weighted by Gasteiger charge is -1.98. The lowest BCUT2D eigenvalue weighted by atomic mass is 10.2. The van der Waals surface area contributed by atoms with Gasteiger partial charge in [-0.05, 0) is 34.1 Å². The third-order valence-corrected chi connectivity index (χ3v) is 2.69. The zero-order chi connectivity index (χ0) is 10.8. The van der Waals surface area contributed by atoms with Crippen LogP contribution in [0.3, 0.4) is 0 Å². The number of aryl methyl sites for hydroxylation is 1. The third kappa shape index (κ3) is 2.07. The number of hydrogen-bond acceptors (Lipinski definition) is 2. The smallest absolute Gasteiger partial charge is 0.182 e. The lowest BCUT2D eigenvalue weighted by molar-refractivity contribution is 0.627. The maximum absolute atomic E-state index is 12.9. The Labute approximate surface area is 94.9 Å². The first-order valence-corrected chi connectivity index (χ1v) is 5.36. The van der Waals surface area contributed by atoms with Crippen LogP contribution in [0.15, 0.2) is 22.7 Å². The van der Waals surface area contributed by atoms with Crippen molar-refractivity contribution in [3.63, 3.8) is 0 Å². The van der Waals surface area contributed by atoms with Crippen LogP contribution in [0.1, 0.15) is 12.7 Å². The molecule has 0 bridgehead atoms.